The fourth-order valence-corrected chi connectivity index (χ4v) is 4.48. The number of amides is 1. The summed E-state index contributed by atoms with van der Waals surface area (Å²) in [4.78, 5) is 24.5. The number of hydrogen-bond acceptors (Lipinski definition) is 8. The van der Waals surface area contributed by atoms with Gasteiger partial charge in [-0.05, 0) is 42.8 Å². The van der Waals surface area contributed by atoms with Crippen molar-refractivity contribution in [2.45, 2.75) is 37.1 Å². The van der Waals surface area contributed by atoms with Crippen molar-refractivity contribution in [1.29, 1.82) is 0 Å². The smallest absolute Gasteiger partial charge is 0.308 e. The fraction of sp³-hybridized carbons (Fsp3) is 0.391. The van der Waals surface area contributed by atoms with Crippen molar-refractivity contribution in [3.05, 3.63) is 47.5 Å². The van der Waals surface area contributed by atoms with Crippen molar-refractivity contribution in [3.63, 3.8) is 0 Å². The molecule has 3 aliphatic rings. The molecule has 0 spiro atoms. The zero-order valence-electron chi connectivity index (χ0n) is 17.4. The highest BCUT2D eigenvalue weighted by atomic mass is 16.7. The molecular weight excluding hydrogens is 418 g/mol. The number of carbonyl (C=O) groups excluding carboxylic acids is 2. The number of methoxy groups -OCH3 is 1. The molecule has 9 nitrogen and oxygen atoms in total. The number of aliphatic hydroxyl groups excluding tert-OH is 1. The van der Waals surface area contributed by atoms with Crippen molar-refractivity contribution in [1.82, 2.24) is 0 Å². The standard InChI is InChI=1S/C23H23NO8/c1-28-21(26)9-14-8-16-15-7-13(3-5-17(15)32-22(16)20(10-25)31-14)24-23(27)12-2-4-18-19(6-12)30-11-29-18/h2-7,14,16,20,22,25H,8-11H2,1H3,(H,24,27)/t14-,16-,20+,22+/m0/s1. The molecule has 2 aromatic carbocycles. The van der Waals surface area contributed by atoms with Crippen molar-refractivity contribution >= 4 is 17.6 Å². The molecule has 1 saturated heterocycles. The molecule has 0 aromatic heterocycles. The van der Waals surface area contributed by atoms with Crippen LogP contribution in [0.25, 0.3) is 0 Å². The van der Waals surface area contributed by atoms with Gasteiger partial charge in [0, 0.05) is 22.7 Å². The van der Waals surface area contributed by atoms with Gasteiger partial charge >= 0.3 is 5.97 Å². The monoisotopic (exact) mass is 441 g/mol. The van der Waals surface area contributed by atoms with Crippen LogP contribution in [0.1, 0.15) is 34.7 Å². The number of rotatable bonds is 5. The summed E-state index contributed by atoms with van der Waals surface area (Å²) in [6.07, 6.45) is -0.650. The molecule has 3 heterocycles. The highest BCUT2D eigenvalue weighted by molar-refractivity contribution is 6.04. The number of nitrogens with one attached hydrogen (secondary N) is 1. The van der Waals surface area contributed by atoms with E-state index in [1.54, 1.807) is 30.3 Å². The van der Waals surface area contributed by atoms with E-state index in [9.17, 15) is 14.7 Å². The topological polar surface area (TPSA) is 113 Å². The molecular formula is C23H23NO8. The molecule has 2 aromatic rings. The van der Waals surface area contributed by atoms with Crippen molar-refractivity contribution in [2.75, 3.05) is 25.8 Å². The van der Waals surface area contributed by atoms with Crippen molar-refractivity contribution in [2.24, 2.45) is 0 Å². The van der Waals surface area contributed by atoms with Crippen LogP contribution >= 0.6 is 0 Å². The summed E-state index contributed by atoms with van der Waals surface area (Å²) in [7, 11) is 1.33. The van der Waals surface area contributed by atoms with E-state index in [0.717, 1.165) is 5.56 Å². The first-order valence-electron chi connectivity index (χ1n) is 10.4. The van der Waals surface area contributed by atoms with Crippen molar-refractivity contribution < 1.29 is 38.4 Å². The van der Waals surface area contributed by atoms with Crippen LogP contribution in [0.15, 0.2) is 36.4 Å². The normalized spacial score (nSPS) is 24.8. The molecule has 9 heteroatoms. The minimum atomic E-state index is -0.553. The third-order valence-electron chi connectivity index (χ3n) is 6.01. The first-order chi connectivity index (χ1) is 15.6. The van der Waals surface area contributed by atoms with Crippen LogP contribution in [0.3, 0.4) is 0 Å². The molecule has 168 valence electrons. The molecule has 0 aliphatic carbocycles. The number of ether oxygens (including phenoxy) is 5. The Kier molecular flexibility index (Phi) is 5.36. The second-order valence-corrected chi connectivity index (χ2v) is 7.96. The summed E-state index contributed by atoms with van der Waals surface area (Å²) in [5.74, 6) is 1.12. The van der Waals surface area contributed by atoms with Crippen LogP contribution in [0.5, 0.6) is 17.2 Å². The van der Waals surface area contributed by atoms with Crippen LogP contribution in [-0.4, -0.2) is 55.8 Å². The molecule has 1 fully saturated rings. The number of hydrogen-bond donors (Lipinski definition) is 2. The van der Waals surface area contributed by atoms with Crippen molar-refractivity contribution in [3.8, 4) is 17.2 Å². The summed E-state index contributed by atoms with van der Waals surface area (Å²) >= 11 is 0. The van der Waals surface area contributed by atoms with Crippen LogP contribution < -0.4 is 19.5 Å². The van der Waals surface area contributed by atoms with Gasteiger partial charge in [-0.15, -0.1) is 0 Å². The average molecular weight is 441 g/mol. The van der Waals surface area contributed by atoms with Gasteiger partial charge in [0.2, 0.25) is 6.79 Å². The summed E-state index contributed by atoms with van der Waals surface area (Å²) in [5, 5.41) is 12.7. The summed E-state index contributed by atoms with van der Waals surface area (Å²) < 4.78 is 27.3. The Labute approximate surface area is 184 Å². The number of anilines is 1. The second kappa shape index (κ2) is 8.33. The van der Waals surface area contributed by atoms with E-state index in [-0.39, 0.29) is 49.8 Å². The Morgan fingerprint density at radius 2 is 1.94 bits per heavy atom. The number of esters is 1. The number of carbonyl (C=O) groups is 2. The Morgan fingerprint density at radius 3 is 2.75 bits per heavy atom. The van der Waals surface area contributed by atoms with Gasteiger partial charge in [-0.1, -0.05) is 0 Å². The number of aliphatic hydroxyl groups is 1. The van der Waals surface area contributed by atoms with Gasteiger partial charge in [0.05, 0.1) is 26.2 Å². The SMILES string of the molecule is COC(=O)C[C@@H]1C[C@H]2c3cc(NC(=O)c4ccc5c(c4)OCO5)ccc3O[C@H]2[C@@H](CO)O1. The molecule has 32 heavy (non-hydrogen) atoms. The maximum absolute atomic E-state index is 12.8. The molecule has 0 radical (unpaired) electrons. The van der Waals surface area contributed by atoms with Gasteiger partial charge in [0.15, 0.2) is 11.5 Å². The van der Waals surface area contributed by atoms with E-state index in [1.165, 1.54) is 7.11 Å². The van der Waals surface area contributed by atoms with Crippen LogP contribution in [-0.2, 0) is 14.3 Å². The van der Waals surface area contributed by atoms with Gasteiger partial charge in [-0.25, -0.2) is 0 Å². The van der Waals surface area contributed by atoms with Gasteiger partial charge in [0.25, 0.3) is 5.91 Å². The second-order valence-electron chi connectivity index (χ2n) is 7.96. The Bertz CT molecular complexity index is 1050. The van der Waals surface area contributed by atoms with Crippen LogP contribution in [0.4, 0.5) is 5.69 Å². The van der Waals surface area contributed by atoms with Gasteiger partial charge in [0.1, 0.15) is 18.0 Å². The lowest BCUT2D eigenvalue weighted by Crippen LogP contribution is -2.46. The average Bonchev–Trinajstić information content (AvgIpc) is 3.42. The molecule has 5 rings (SSSR count). The molecule has 1 amide bonds. The minimum absolute atomic E-state index is 0.0760. The Morgan fingerprint density at radius 1 is 1.12 bits per heavy atom. The van der Waals surface area contributed by atoms with E-state index < -0.39 is 6.10 Å². The largest absolute Gasteiger partial charge is 0.487 e. The third-order valence-corrected chi connectivity index (χ3v) is 6.01. The fourth-order valence-electron chi connectivity index (χ4n) is 4.48. The first-order valence-corrected chi connectivity index (χ1v) is 10.4. The van der Waals surface area contributed by atoms with Gasteiger partial charge in [-0.3, -0.25) is 9.59 Å². The Balaban J connectivity index is 1.35. The predicted molar refractivity (Wildman–Crippen MR) is 111 cm³/mol. The molecule has 0 saturated carbocycles. The van der Waals surface area contributed by atoms with E-state index in [0.29, 0.717) is 34.9 Å². The lowest BCUT2D eigenvalue weighted by molar-refractivity contribution is -0.156. The third kappa shape index (κ3) is 3.74. The summed E-state index contributed by atoms with van der Waals surface area (Å²) in [6.45, 7) is -0.0795. The lowest BCUT2D eigenvalue weighted by Gasteiger charge is -2.36. The maximum atomic E-state index is 12.8. The molecule has 4 atom stereocenters. The van der Waals surface area contributed by atoms with Crippen LogP contribution in [0, 0.1) is 0 Å². The molecule has 0 unspecified atom stereocenters. The number of benzene rings is 2. The molecule has 3 aliphatic heterocycles. The van der Waals surface area contributed by atoms with Crippen LogP contribution in [0.2, 0.25) is 0 Å². The summed E-state index contributed by atoms with van der Waals surface area (Å²) in [6, 6.07) is 10.5. The molecule has 2 N–H and O–H groups in total. The van der Waals surface area contributed by atoms with E-state index in [4.69, 9.17) is 23.7 Å². The lowest BCUT2D eigenvalue weighted by atomic mass is 9.84. The van der Waals surface area contributed by atoms with Gasteiger partial charge in [-0.2, -0.15) is 0 Å². The Hall–Kier alpha value is -3.30. The predicted octanol–water partition coefficient (Wildman–Crippen LogP) is 2.23. The van der Waals surface area contributed by atoms with E-state index in [1.807, 2.05) is 6.07 Å². The highest BCUT2D eigenvalue weighted by Gasteiger charge is 2.46. The zero-order chi connectivity index (χ0) is 22.2. The van der Waals surface area contributed by atoms with Gasteiger partial charge < -0.3 is 34.1 Å². The molecule has 0 bridgehead atoms. The minimum Gasteiger partial charge on any atom is -0.487 e. The number of fused-ring (bicyclic) bond motifs is 4. The quantitative estimate of drug-likeness (QED) is 0.680. The maximum Gasteiger partial charge on any atom is 0.308 e. The highest BCUT2D eigenvalue weighted by Crippen LogP contribution is 2.47. The first kappa shape index (κ1) is 20.6. The zero-order valence-corrected chi connectivity index (χ0v) is 17.4. The van der Waals surface area contributed by atoms with E-state index >= 15 is 0 Å². The van der Waals surface area contributed by atoms with E-state index in [2.05, 4.69) is 5.32 Å². The summed E-state index contributed by atoms with van der Waals surface area (Å²) in [5.41, 5.74) is 1.98.